The monoisotopic (exact) mass is 569 g/mol. The van der Waals surface area contributed by atoms with Crippen molar-refractivity contribution in [3.63, 3.8) is 0 Å². The van der Waals surface area contributed by atoms with Crippen molar-refractivity contribution in [3.8, 4) is 0 Å². The third-order valence-corrected chi connectivity index (χ3v) is 23.1. The van der Waals surface area contributed by atoms with E-state index < -0.39 is 61.8 Å². The zero-order valence-corrected chi connectivity index (χ0v) is 27.4. The minimum atomic E-state index is -2.19. The van der Waals surface area contributed by atoms with Crippen LogP contribution in [0.4, 0.5) is 4.48 Å². The molecule has 11 heteroatoms. The van der Waals surface area contributed by atoms with Crippen LogP contribution in [-0.2, 0) is 18.0 Å². The normalized spacial score (nSPS) is 26.1. The molecule has 0 radical (unpaired) electrons. The highest BCUT2D eigenvalue weighted by molar-refractivity contribution is 6.74. The maximum absolute atomic E-state index is 13.6. The van der Waals surface area contributed by atoms with Crippen LogP contribution in [0, 0.1) is 0 Å². The van der Waals surface area contributed by atoms with Gasteiger partial charge in [-0.25, -0.2) is 0 Å². The van der Waals surface area contributed by atoms with Crippen molar-refractivity contribution in [2.75, 3.05) is 6.54 Å². The summed E-state index contributed by atoms with van der Waals surface area (Å²) in [5, 5.41) is 20.9. The van der Waals surface area contributed by atoms with Crippen LogP contribution in [-0.4, -0.2) is 78.5 Å². The van der Waals surface area contributed by atoms with Crippen molar-refractivity contribution in [1.29, 1.82) is 0 Å². The number of aliphatic hydroxyl groups excluding tert-OH is 1. The Morgan fingerprint density at radius 3 is 1.28 bits per heavy atom. The van der Waals surface area contributed by atoms with Gasteiger partial charge in [-0.1, -0.05) is 62.3 Å². The topological polar surface area (TPSA) is 89.4 Å². The molecule has 1 saturated heterocycles. The molecule has 1 rings (SSSR count). The zero-order valence-electron chi connectivity index (χ0n) is 24.4. The van der Waals surface area contributed by atoms with Gasteiger partial charge in [0.25, 0.3) is 0 Å². The fourth-order valence-electron chi connectivity index (χ4n) is 5.70. The molecule has 216 valence electrons. The van der Waals surface area contributed by atoms with Crippen LogP contribution in [0.15, 0.2) is 0 Å². The number of halogens is 1. The fourth-order valence-corrected chi connectivity index (χ4v) is 14.3. The SMILES string of the molecule is CC[Si](CC)(CC)O[C@@H]1[C@@H](O[Si](CC)(CC)CC)[C@@H](O[Si](CC)(CC)CC)C(C(O)O)O[C@H]1CNF. The van der Waals surface area contributed by atoms with E-state index in [1.54, 1.807) is 5.54 Å². The lowest BCUT2D eigenvalue weighted by Gasteiger charge is -2.53. The highest BCUT2D eigenvalue weighted by Crippen LogP contribution is 2.39. The summed E-state index contributed by atoms with van der Waals surface area (Å²) in [6.07, 6.45) is -5.32. The van der Waals surface area contributed by atoms with E-state index in [0.717, 1.165) is 54.4 Å². The molecule has 0 aromatic carbocycles. The van der Waals surface area contributed by atoms with Gasteiger partial charge in [0.2, 0.25) is 0 Å². The van der Waals surface area contributed by atoms with Crippen LogP contribution in [0.3, 0.4) is 0 Å². The lowest BCUT2D eigenvalue weighted by Crippen LogP contribution is -2.69. The molecule has 1 unspecified atom stereocenters. The van der Waals surface area contributed by atoms with E-state index in [4.69, 9.17) is 18.0 Å². The predicted molar refractivity (Wildman–Crippen MR) is 152 cm³/mol. The number of hydrogen-bond donors (Lipinski definition) is 3. The molecule has 0 aromatic rings. The fraction of sp³-hybridized carbons (Fsp3) is 1.00. The molecule has 3 N–H and O–H groups in total. The number of ether oxygens (including phenoxy) is 1. The van der Waals surface area contributed by atoms with Crippen molar-refractivity contribution in [2.45, 2.75) is 154 Å². The molecule has 1 fully saturated rings. The van der Waals surface area contributed by atoms with Gasteiger partial charge in [0, 0.05) is 0 Å². The lowest BCUT2D eigenvalue weighted by atomic mass is 9.94. The molecule has 0 amide bonds. The van der Waals surface area contributed by atoms with E-state index in [0.29, 0.717) is 0 Å². The molecule has 0 saturated carbocycles. The second-order valence-corrected chi connectivity index (χ2v) is 24.5. The largest absolute Gasteiger partial charge is 0.409 e. The summed E-state index contributed by atoms with van der Waals surface area (Å²) in [5.41, 5.74) is 1.76. The summed E-state index contributed by atoms with van der Waals surface area (Å²) in [6, 6.07) is 8.35. The first-order chi connectivity index (χ1) is 17.1. The average molecular weight is 570 g/mol. The maximum atomic E-state index is 13.6. The first-order valence-electron chi connectivity index (χ1n) is 14.5. The molecular weight excluding hydrogens is 514 g/mol. The van der Waals surface area contributed by atoms with E-state index in [1.165, 1.54) is 0 Å². The van der Waals surface area contributed by atoms with Gasteiger partial charge >= 0.3 is 0 Å². The highest BCUT2D eigenvalue weighted by atomic mass is 28.4. The average Bonchev–Trinajstić information content (AvgIpc) is 2.91. The van der Waals surface area contributed by atoms with Gasteiger partial charge < -0.3 is 28.2 Å². The third-order valence-electron chi connectivity index (χ3n) is 9.20. The first kappa shape index (κ1) is 34.3. The molecule has 0 spiro atoms. The summed E-state index contributed by atoms with van der Waals surface area (Å²) < 4.78 is 41.0. The Balaban J connectivity index is 3.77. The molecule has 0 aromatic heterocycles. The minimum Gasteiger partial charge on any atom is -0.409 e. The van der Waals surface area contributed by atoms with E-state index in [9.17, 15) is 14.7 Å². The van der Waals surface area contributed by atoms with E-state index in [-0.39, 0.29) is 6.54 Å². The number of rotatable bonds is 18. The van der Waals surface area contributed by atoms with Gasteiger partial charge in [-0.3, -0.25) is 0 Å². The third kappa shape index (κ3) is 7.92. The zero-order chi connectivity index (χ0) is 27.6. The Morgan fingerprint density at radius 1 is 0.639 bits per heavy atom. The van der Waals surface area contributed by atoms with Crippen molar-refractivity contribution < 1.29 is 32.7 Å². The van der Waals surface area contributed by atoms with Crippen LogP contribution < -0.4 is 5.54 Å². The smallest absolute Gasteiger partial charge is 0.192 e. The maximum Gasteiger partial charge on any atom is 0.192 e. The van der Waals surface area contributed by atoms with Crippen LogP contribution in [0.5, 0.6) is 0 Å². The molecular formula is C25H56FNO6Si3. The highest BCUT2D eigenvalue weighted by Gasteiger charge is 2.55. The van der Waals surface area contributed by atoms with Gasteiger partial charge in [0.05, 0.1) is 6.54 Å². The summed E-state index contributed by atoms with van der Waals surface area (Å²) >= 11 is 0. The quantitative estimate of drug-likeness (QED) is 0.111. The Kier molecular flexibility index (Phi) is 15.0. The second-order valence-electron chi connectivity index (χ2n) is 10.4. The number of hydrogen-bond acceptors (Lipinski definition) is 7. The van der Waals surface area contributed by atoms with Crippen LogP contribution in [0.25, 0.3) is 0 Å². The van der Waals surface area contributed by atoms with Gasteiger partial charge in [-0.2, -0.15) is 5.54 Å². The molecule has 5 atom stereocenters. The van der Waals surface area contributed by atoms with Crippen molar-refractivity contribution in [3.05, 3.63) is 0 Å². The van der Waals surface area contributed by atoms with Gasteiger partial charge in [-0.05, 0) is 54.4 Å². The Hall–Kier alpha value is 0.301. The lowest BCUT2D eigenvalue weighted by molar-refractivity contribution is -0.263. The second kappa shape index (κ2) is 15.8. The molecule has 7 nitrogen and oxygen atoms in total. The van der Waals surface area contributed by atoms with Crippen molar-refractivity contribution >= 4 is 25.0 Å². The first-order valence-corrected chi connectivity index (χ1v) is 22.1. The molecule has 0 aliphatic carbocycles. The van der Waals surface area contributed by atoms with E-state index >= 15 is 0 Å². The Bertz CT molecular complexity index is 584. The Labute approximate surface area is 223 Å². The van der Waals surface area contributed by atoms with Crippen LogP contribution in [0.2, 0.25) is 54.4 Å². The Morgan fingerprint density at radius 2 is 0.972 bits per heavy atom. The molecule has 1 aliphatic heterocycles. The van der Waals surface area contributed by atoms with Crippen molar-refractivity contribution in [1.82, 2.24) is 5.54 Å². The van der Waals surface area contributed by atoms with Crippen molar-refractivity contribution in [2.24, 2.45) is 0 Å². The summed E-state index contributed by atoms with van der Waals surface area (Å²) in [6.45, 7) is 19.4. The van der Waals surface area contributed by atoms with E-state index in [2.05, 4.69) is 62.3 Å². The van der Waals surface area contributed by atoms with Gasteiger partial charge in [0.1, 0.15) is 30.5 Å². The van der Waals surface area contributed by atoms with Gasteiger partial charge in [0.15, 0.2) is 31.2 Å². The van der Waals surface area contributed by atoms with Crippen LogP contribution >= 0.6 is 0 Å². The summed E-state index contributed by atoms with van der Waals surface area (Å²) in [5.74, 6) is 0. The predicted octanol–water partition coefficient (Wildman–Crippen LogP) is 5.71. The summed E-state index contributed by atoms with van der Waals surface area (Å²) in [7, 11) is -6.52. The van der Waals surface area contributed by atoms with Gasteiger partial charge in [-0.15, -0.1) is 4.48 Å². The minimum absolute atomic E-state index is 0.112. The molecule has 36 heavy (non-hydrogen) atoms. The number of nitrogens with one attached hydrogen (secondary N) is 1. The molecule has 0 bridgehead atoms. The number of aliphatic hydroxyl groups is 2. The van der Waals surface area contributed by atoms with Crippen LogP contribution in [0.1, 0.15) is 62.3 Å². The molecule has 1 heterocycles. The summed E-state index contributed by atoms with van der Waals surface area (Å²) in [4.78, 5) is 0. The standard InChI is InChI=1S/C25H56FNO6Si3/c1-10-34(11-2,12-3)31-21-20(19-27-26)30-24(25(28)29)23(33-36(16-7,17-8)18-9)22(21)32-35(13-4,14-5)15-6/h20-25,27-29H,10-19H2,1-9H3/t20-,21-,22+,23+,24?/m0/s1. The molecule has 1 aliphatic rings. The van der Waals surface area contributed by atoms with E-state index in [1.807, 2.05) is 0 Å².